The molecule has 6 heteroatoms. The number of nitrogens with one attached hydrogen (secondary N) is 1. The minimum Gasteiger partial charge on any atom is -0.494 e. The van der Waals surface area contributed by atoms with Crippen LogP contribution in [0.5, 0.6) is 5.75 Å². The van der Waals surface area contributed by atoms with E-state index in [1.165, 1.54) is 5.01 Å². The van der Waals surface area contributed by atoms with Crippen LogP contribution < -0.4 is 15.9 Å². The average molecular weight is 293 g/mol. The van der Waals surface area contributed by atoms with Gasteiger partial charge in [0.15, 0.2) is 5.11 Å². The van der Waals surface area contributed by atoms with Crippen LogP contribution in [0.2, 0.25) is 0 Å². The van der Waals surface area contributed by atoms with Gasteiger partial charge in [-0.05, 0) is 42.9 Å². The predicted molar refractivity (Wildman–Crippen MR) is 83.4 cm³/mol. The van der Waals surface area contributed by atoms with Crippen molar-refractivity contribution < 1.29 is 9.53 Å². The highest BCUT2D eigenvalue weighted by molar-refractivity contribution is 7.80. The maximum Gasteiger partial charge on any atom is 0.269 e. The molecular formula is C14H19N3O2S. The number of rotatable bonds is 6. The smallest absolute Gasteiger partial charge is 0.269 e. The van der Waals surface area contributed by atoms with Gasteiger partial charge in [-0.3, -0.25) is 15.2 Å². The Labute approximate surface area is 124 Å². The minimum absolute atomic E-state index is 0.0844. The first kappa shape index (κ1) is 16.0. The fourth-order valence-electron chi connectivity index (χ4n) is 1.43. The fourth-order valence-corrected chi connectivity index (χ4v) is 1.55. The van der Waals surface area contributed by atoms with Crippen LogP contribution in [0.1, 0.15) is 23.7 Å². The molecule has 1 aromatic rings. The van der Waals surface area contributed by atoms with E-state index in [1.54, 1.807) is 30.3 Å². The minimum atomic E-state index is -0.290. The number of hydrogen-bond acceptors (Lipinski definition) is 3. The van der Waals surface area contributed by atoms with Gasteiger partial charge in [0.25, 0.3) is 5.91 Å². The van der Waals surface area contributed by atoms with Gasteiger partial charge in [0.05, 0.1) is 13.2 Å². The Morgan fingerprint density at radius 1 is 1.50 bits per heavy atom. The first-order valence-electron chi connectivity index (χ1n) is 6.30. The van der Waals surface area contributed by atoms with Gasteiger partial charge in [0.2, 0.25) is 0 Å². The summed E-state index contributed by atoms with van der Waals surface area (Å²) in [5.74, 6) is 0.447. The third-order valence-corrected chi connectivity index (χ3v) is 2.62. The molecule has 0 unspecified atom stereocenters. The number of carbonyl (C=O) groups excluding carboxylic acids is 1. The summed E-state index contributed by atoms with van der Waals surface area (Å²) in [6, 6.07) is 6.88. The van der Waals surface area contributed by atoms with Gasteiger partial charge < -0.3 is 10.5 Å². The lowest BCUT2D eigenvalue weighted by Crippen LogP contribution is -2.48. The third-order valence-electron chi connectivity index (χ3n) is 2.40. The van der Waals surface area contributed by atoms with Crippen LogP contribution in [0.15, 0.2) is 36.9 Å². The van der Waals surface area contributed by atoms with Crippen LogP contribution in [0, 0.1) is 0 Å². The Hall–Kier alpha value is -2.08. The lowest BCUT2D eigenvalue weighted by Gasteiger charge is -2.21. The number of benzene rings is 1. The van der Waals surface area contributed by atoms with E-state index in [9.17, 15) is 4.79 Å². The Morgan fingerprint density at radius 3 is 2.65 bits per heavy atom. The molecule has 0 atom stereocenters. The molecule has 0 fully saturated rings. The van der Waals surface area contributed by atoms with Crippen molar-refractivity contribution in [3.8, 4) is 5.75 Å². The lowest BCUT2D eigenvalue weighted by atomic mass is 10.2. The van der Waals surface area contributed by atoms with E-state index < -0.39 is 0 Å². The maximum absolute atomic E-state index is 12.0. The zero-order valence-corrected chi connectivity index (χ0v) is 12.3. The Bertz CT molecular complexity index is 474. The van der Waals surface area contributed by atoms with E-state index in [2.05, 4.69) is 12.0 Å². The van der Waals surface area contributed by atoms with Crippen LogP contribution in [0.4, 0.5) is 0 Å². The highest BCUT2D eigenvalue weighted by atomic mass is 32.1. The summed E-state index contributed by atoms with van der Waals surface area (Å²) in [4.78, 5) is 12.0. The number of hydrogen-bond donors (Lipinski definition) is 2. The monoisotopic (exact) mass is 293 g/mol. The summed E-state index contributed by atoms with van der Waals surface area (Å²) in [5, 5.41) is 1.44. The normalized spacial score (nSPS) is 9.65. The van der Waals surface area contributed by atoms with Crippen molar-refractivity contribution in [2.75, 3.05) is 13.2 Å². The Morgan fingerprint density at radius 2 is 2.15 bits per heavy atom. The number of hydrazine groups is 1. The van der Waals surface area contributed by atoms with Crippen molar-refractivity contribution in [3.05, 3.63) is 42.5 Å². The fraction of sp³-hybridized carbons (Fsp3) is 0.286. The molecule has 0 aliphatic rings. The molecule has 0 heterocycles. The summed E-state index contributed by atoms with van der Waals surface area (Å²) in [7, 11) is 0. The number of nitrogens with zero attached hydrogens (tertiary/aromatic N) is 1. The molecule has 5 nitrogen and oxygen atoms in total. The van der Waals surface area contributed by atoms with E-state index in [-0.39, 0.29) is 11.0 Å². The van der Waals surface area contributed by atoms with Gasteiger partial charge in [-0.1, -0.05) is 13.0 Å². The van der Waals surface area contributed by atoms with E-state index in [0.717, 1.165) is 12.2 Å². The molecule has 3 N–H and O–H groups in total. The molecule has 0 spiro atoms. The SMILES string of the molecule is C=CCN(NC(=O)c1ccc(OCCC)cc1)C(N)=S. The van der Waals surface area contributed by atoms with Crippen molar-refractivity contribution >= 4 is 23.2 Å². The highest BCUT2D eigenvalue weighted by Gasteiger charge is 2.11. The second kappa shape index (κ2) is 8.16. The number of nitrogens with two attached hydrogens (primary N) is 1. The molecule has 1 rings (SSSR count). The van der Waals surface area contributed by atoms with Crippen LogP contribution in [0.25, 0.3) is 0 Å². The van der Waals surface area contributed by atoms with Crippen LogP contribution >= 0.6 is 12.2 Å². The molecule has 0 bridgehead atoms. The quantitative estimate of drug-likeness (QED) is 0.476. The lowest BCUT2D eigenvalue weighted by molar-refractivity contribution is 0.0879. The first-order chi connectivity index (χ1) is 9.58. The second-order valence-electron chi connectivity index (χ2n) is 4.05. The average Bonchev–Trinajstić information content (AvgIpc) is 2.45. The third kappa shape index (κ3) is 4.89. The van der Waals surface area contributed by atoms with Gasteiger partial charge >= 0.3 is 0 Å². The molecule has 0 radical (unpaired) electrons. The number of ether oxygens (including phenoxy) is 1. The number of thiocarbonyl (C=S) groups is 1. The van der Waals surface area contributed by atoms with Crippen molar-refractivity contribution in [1.29, 1.82) is 0 Å². The summed E-state index contributed by atoms with van der Waals surface area (Å²) in [6.45, 7) is 6.61. The standard InChI is InChI=1S/C14H19N3O2S/c1-3-9-17(14(15)20)16-13(18)11-5-7-12(8-6-11)19-10-4-2/h3,5-8H,1,4,9-10H2,2H3,(H2,15,20)(H,16,18). The van der Waals surface area contributed by atoms with E-state index in [1.807, 2.05) is 6.92 Å². The van der Waals surface area contributed by atoms with E-state index in [0.29, 0.717) is 18.7 Å². The molecular weight excluding hydrogens is 274 g/mol. The molecule has 1 aromatic carbocycles. The van der Waals surface area contributed by atoms with Gasteiger partial charge in [-0.25, -0.2) is 0 Å². The summed E-state index contributed by atoms with van der Waals surface area (Å²) >= 11 is 4.84. The van der Waals surface area contributed by atoms with Crippen LogP contribution in [-0.4, -0.2) is 29.2 Å². The molecule has 1 amide bonds. The summed E-state index contributed by atoms with van der Waals surface area (Å²) in [5.41, 5.74) is 8.61. The Balaban J connectivity index is 2.66. The van der Waals surface area contributed by atoms with Crippen molar-refractivity contribution in [2.24, 2.45) is 5.73 Å². The molecule has 0 aromatic heterocycles. The molecule has 0 saturated carbocycles. The van der Waals surface area contributed by atoms with Gasteiger partial charge in [0, 0.05) is 5.56 Å². The van der Waals surface area contributed by atoms with Gasteiger partial charge in [0.1, 0.15) is 5.75 Å². The molecule has 0 aliphatic heterocycles. The largest absolute Gasteiger partial charge is 0.494 e. The highest BCUT2D eigenvalue weighted by Crippen LogP contribution is 2.12. The number of carbonyl (C=O) groups is 1. The topological polar surface area (TPSA) is 67.6 Å². The molecule has 0 saturated heterocycles. The molecule has 0 aliphatic carbocycles. The summed E-state index contributed by atoms with van der Waals surface area (Å²) < 4.78 is 5.45. The van der Waals surface area contributed by atoms with Crippen molar-refractivity contribution in [1.82, 2.24) is 10.4 Å². The van der Waals surface area contributed by atoms with Crippen molar-refractivity contribution in [2.45, 2.75) is 13.3 Å². The maximum atomic E-state index is 12.0. The van der Waals surface area contributed by atoms with E-state index >= 15 is 0 Å². The van der Waals surface area contributed by atoms with Gasteiger partial charge in [-0.2, -0.15) is 0 Å². The van der Waals surface area contributed by atoms with Crippen molar-refractivity contribution in [3.63, 3.8) is 0 Å². The zero-order valence-electron chi connectivity index (χ0n) is 11.5. The molecule has 20 heavy (non-hydrogen) atoms. The summed E-state index contributed by atoms with van der Waals surface area (Å²) in [6.07, 6.45) is 2.54. The van der Waals surface area contributed by atoms with E-state index in [4.69, 9.17) is 22.7 Å². The predicted octanol–water partition coefficient (Wildman–Crippen LogP) is 1.85. The molecule has 108 valence electrons. The Kier molecular flexibility index (Phi) is 6.52. The van der Waals surface area contributed by atoms with Gasteiger partial charge in [-0.15, -0.1) is 6.58 Å². The zero-order chi connectivity index (χ0) is 15.0. The van der Waals surface area contributed by atoms with Crippen LogP contribution in [0.3, 0.4) is 0 Å². The number of amides is 1. The second-order valence-corrected chi connectivity index (χ2v) is 4.47. The van der Waals surface area contributed by atoms with Crippen LogP contribution in [-0.2, 0) is 0 Å². The first-order valence-corrected chi connectivity index (χ1v) is 6.71.